The van der Waals surface area contributed by atoms with Gasteiger partial charge in [-0.15, -0.1) is 0 Å². The molecule has 0 aliphatic heterocycles. The number of benzene rings is 1. The summed E-state index contributed by atoms with van der Waals surface area (Å²) in [6, 6.07) is 6.41. The van der Waals surface area contributed by atoms with Crippen molar-refractivity contribution in [3.05, 3.63) is 29.6 Å². The van der Waals surface area contributed by atoms with Crippen LogP contribution in [0, 0.1) is 31.1 Å². The van der Waals surface area contributed by atoms with Crippen LogP contribution >= 0.6 is 0 Å². The Kier molecular flexibility index (Phi) is 5.17. The first kappa shape index (κ1) is 16.5. The van der Waals surface area contributed by atoms with Gasteiger partial charge in [-0.25, -0.2) is 4.98 Å². The van der Waals surface area contributed by atoms with Crippen molar-refractivity contribution in [2.24, 2.45) is 5.92 Å². The Morgan fingerprint density at radius 3 is 2.68 bits per heavy atom. The quantitative estimate of drug-likeness (QED) is 0.887. The molecule has 0 amide bonds. The van der Waals surface area contributed by atoms with Gasteiger partial charge in [-0.3, -0.25) is 0 Å². The molecule has 2 aromatic rings. The summed E-state index contributed by atoms with van der Waals surface area (Å²) in [4.78, 5) is 6.40. The van der Waals surface area contributed by atoms with E-state index in [4.69, 9.17) is 5.26 Å². The Morgan fingerprint density at radius 1 is 1.32 bits per heavy atom. The Hall–Kier alpha value is -1.90. The fourth-order valence-electron chi connectivity index (χ4n) is 2.69. The molecule has 0 spiro atoms. The van der Waals surface area contributed by atoms with Crippen molar-refractivity contribution < 1.29 is 5.11 Å². The minimum atomic E-state index is -0.491. The number of aliphatic hydroxyl groups excluding tert-OH is 1. The van der Waals surface area contributed by atoms with E-state index in [1.54, 1.807) is 6.33 Å². The lowest BCUT2D eigenvalue weighted by molar-refractivity contribution is 0.108. The molecule has 1 aromatic heterocycles. The molecule has 0 unspecified atom stereocenters. The largest absolute Gasteiger partial charge is 0.390 e. The summed E-state index contributed by atoms with van der Waals surface area (Å²) in [5.74, 6) is -0.0306. The number of aryl methyl sites for hydroxylation is 2. The second kappa shape index (κ2) is 6.91. The van der Waals surface area contributed by atoms with E-state index in [1.807, 2.05) is 23.4 Å². The number of imidazole rings is 1. The van der Waals surface area contributed by atoms with Crippen molar-refractivity contribution >= 4 is 11.0 Å². The first-order valence-electron chi connectivity index (χ1n) is 7.59. The summed E-state index contributed by atoms with van der Waals surface area (Å²) < 4.78 is 1.99. The van der Waals surface area contributed by atoms with Gasteiger partial charge in [-0.2, -0.15) is 5.26 Å². The third kappa shape index (κ3) is 3.85. The Morgan fingerprint density at radius 2 is 2.00 bits per heavy atom. The predicted octanol–water partition coefficient (Wildman–Crippen LogP) is 2.11. The van der Waals surface area contributed by atoms with Crippen molar-refractivity contribution in [3.8, 4) is 6.07 Å². The highest BCUT2D eigenvalue weighted by molar-refractivity contribution is 5.77. The van der Waals surface area contributed by atoms with Crippen LogP contribution in [0.25, 0.3) is 11.0 Å². The standard InChI is InChI=1S/C17H24N4O/c1-12(7-18)8-20(4)9-15(22)10-21-11-19-16-5-13(2)14(3)6-17(16)21/h5-6,11-12,15,22H,8-10H2,1-4H3/t12-,15+/m0/s1. The number of fused-ring (bicyclic) bond motifs is 1. The predicted molar refractivity (Wildman–Crippen MR) is 87.5 cm³/mol. The van der Waals surface area contributed by atoms with Crippen molar-refractivity contribution in [1.82, 2.24) is 14.5 Å². The van der Waals surface area contributed by atoms with E-state index in [-0.39, 0.29) is 5.92 Å². The van der Waals surface area contributed by atoms with Gasteiger partial charge in [0.1, 0.15) is 0 Å². The maximum absolute atomic E-state index is 10.3. The number of aromatic nitrogens is 2. The molecule has 0 fully saturated rings. The van der Waals surface area contributed by atoms with E-state index in [0.717, 1.165) is 11.0 Å². The lowest BCUT2D eigenvalue weighted by Gasteiger charge is -2.21. The van der Waals surface area contributed by atoms with Crippen LogP contribution in [-0.2, 0) is 6.54 Å². The van der Waals surface area contributed by atoms with Crippen molar-refractivity contribution in [1.29, 1.82) is 5.26 Å². The minimum absolute atomic E-state index is 0.0306. The number of rotatable bonds is 6. The molecule has 2 atom stereocenters. The number of nitrogens with zero attached hydrogens (tertiary/aromatic N) is 4. The van der Waals surface area contributed by atoms with Crippen LogP contribution in [0.3, 0.4) is 0 Å². The third-order valence-corrected chi connectivity index (χ3v) is 3.97. The third-order valence-electron chi connectivity index (χ3n) is 3.97. The summed E-state index contributed by atoms with van der Waals surface area (Å²) in [6.45, 7) is 7.75. The molecule has 1 aromatic carbocycles. The molecule has 5 nitrogen and oxygen atoms in total. The molecule has 5 heteroatoms. The maximum atomic E-state index is 10.3. The normalized spacial score (nSPS) is 14.2. The molecular formula is C17H24N4O. The van der Waals surface area contributed by atoms with Crippen LogP contribution in [0.5, 0.6) is 0 Å². The molecule has 0 saturated heterocycles. The van der Waals surface area contributed by atoms with Gasteiger partial charge in [-0.1, -0.05) is 0 Å². The number of likely N-dealkylation sites (N-methyl/N-ethyl adjacent to an activating group) is 1. The molecule has 0 aliphatic carbocycles. The zero-order valence-electron chi connectivity index (χ0n) is 13.7. The van der Waals surface area contributed by atoms with Gasteiger partial charge in [0.25, 0.3) is 0 Å². The fourth-order valence-corrected chi connectivity index (χ4v) is 2.69. The highest BCUT2D eigenvalue weighted by Crippen LogP contribution is 2.18. The van der Waals surface area contributed by atoms with Crippen molar-refractivity contribution in [2.75, 3.05) is 20.1 Å². The Balaban J connectivity index is 2.04. The van der Waals surface area contributed by atoms with Gasteiger partial charge in [0.05, 0.1) is 42.0 Å². The van der Waals surface area contributed by atoms with Gasteiger partial charge >= 0.3 is 0 Å². The number of hydrogen-bond acceptors (Lipinski definition) is 4. The lowest BCUT2D eigenvalue weighted by atomic mass is 10.1. The Labute approximate surface area is 131 Å². The van der Waals surface area contributed by atoms with Crippen LogP contribution in [0.2, 0.25) is 0 Å². The maximum Gasteiger partial charge on any atom is 0.0959 e. The molecule has 0 radical (unpaired) electrons. The lowest BCUT2D eigenvalue weighted by Crippen LogP contribution is -2.34. The highest BCUT2D eigenvalue weighted by atomic mass is 16.3. The average molecular weight is 300 g/mol. The van der Waals surface area contributed by atoms with Gasteiger partial charge in [0, 0.05) is 13.1 Å². The van der Waals surface area contributed by atoms with Crippen LogP contribution in [0.15, 0.2) is 18.5 Å². The summed E-state index contributed by atoms with van der Waals surface area (Å²) in [5, 5.41) is 19.1. The Bertz CT molecular complexity index is 686. The second-order valence-corrected chi connectivity index (χ2v) is 6.23. The molecular weight excluding hydrogens is 276 g/mol. The highest BCUT2D eigenvalue weighted by Gasteiger charge is 2.13. The van der Waals surface area contributed by atoms with Gasteiger partial charge in [-0.05, 0) is 51.1 Å². The van der Waals surface area contributed by atoms with Crippen LogP contribution in [-0.4, -0.2) is 45.8 Å². The first-order chi connectivity index (χ1) is 10.4. The van der Waals surface area contributed by atoms with Gasteiger partial charge < -0.3 is 14.6 Å². The van der Waals surface area contributed by atoms with Crippen LogP contribution < -0.4 is 0 Å². The zero-order valence-corrected chi connectivity index (χ0v) is 13.7. The summed E-state index contributed by atoms with van der Waals surface area (Å²) in [5.41, 5.74) is 4.46. The smallest absolute Gasteiger partial charge is 0.0959 e. The molecule has 2 rings (SSSR count). The van der Waals surface area contributed by atoms with Crippen LogP contribution in [0.4, 0.5) is 0 Å². The van der Waals surface area contributed by atoms with E-state index >= 15 is 0 Å². The number of nitriles is 1. The fraction of sp³-hybridized carbons (Fsp3) is 0.529. The van der Waals surface area contributed by atoms with Crippen molar-refractivity contribution in [2.45, 2.75) is 33.4 Å². The SMILES string of the molecule is Cc1cc2ncn(C[C@H](O)CN(C)C[C@@H](C)C#N)c2cc1C. The van der Waals surface area contributed by atoms with Gasteiger partial charge in [0.2, 0.25) is 0 Å². The van der Waals surface area contributed by atoms with E-state index in [9.17, 15) is 5.11 Å². The molecule has 118 valence electrons. The van der Waals surface area contributed by atoms with E-state index in [2.05, 4.69) is 37.0 Å². The molecule has 22 heavy (non-hydrogen) atoms. The summed E-state index contributed by atoms with van der Waals surface area (Å²) in [6.07, 6.45) is 1.29. The number of aliphatic hydroxyl groups is 1. The van der Waals surface area contributed by atoms with E-state index in [0.29, 0.717) is 19.6 Å². The molecule has 1 N–H and O–H groups in total. The molecule has 0 aliphatic rings. The number of hydrogen-bond donors (Lipinski definition) is 1. The van der Waals surface area contributed by atoms with Crippen LogP contribution in [0.1, 0.15) is 18.1 Å². The molecule has 1 heterocycles. The van der Waals surface area contributed by atoms with Gasteiger partial charge in [0.15, 0.2) is 0 Å². The summed E-state index contributed by atoms with van der Waals surface area (Å²) >= 11 is 0. The monoisotopic (exact) mass is 300 g/mol. The first-order valence-corrected chi connectivity index (χ1v) is 7.59. The van der Waals surface area contributed by atoms with E-state index in [1.165, 1.54) is 11.1 Å². The molecule has 0 bridgehead atoms. The second-order valence-electron chi connectivity index (χ2n) is 6.23. The average Bonchev–Trinajstić information content (AvgIpc) is 2.81. The van der Waals surface area contributed by atoms with Crippen molar-refractivity contribution in [3.63, 3.8) is 0 Å². The zero-order chi connectivity index (χ0) is 16.3. The topological polar surface area (TPSA) is 65.1 Å². The molecule has 0 saturated carbocycles. The van der Waals surface area contributed by atoms with E-state index < -0.39 is 6.10 Å². The minimum Gasteiger partial charge on any atom is -0.390 e. The summed E-state index contributed by atoms with van der Waals surface area (Å²) in [7, 11) is 1.93.